The van der Waals surface area contributed by atoms with Crippen LogP contribution in [-0.4, -0.2) is 51.3 Å². The summed E-state index contributed by atoms with van der Waals surface area (Å²) < 4.78 is 5.59. The van der Waals surface area contributed by atoms with Gasteiger partial charge in [-0.05, 0) is 46.4 Å². The van der Waals surface area contributed by atoms with Crippen LogP contribution in [0.5, 0.6) is 0 Å². The van der Waals surface area contributed by atoms with Crippen molar-refractivity contribution < 1.29 is 4.74 Å². The van der Waals surface area contributed by atoms with Crippen molar-refractivity contribution in [1.29, 1.82) is 0 Å². The normalized spacial score (nSPS) is 13.4. The van der Waals surface area contributed by atoms with Gasteiger partial charge >= 0.3 is 0 Å². The van der Waals surface area contributed by atoms with E-state index in [2.05, 4.69) is 38.2 Å². The minimum absolute atomic E-state index is 0.513. The fraction of sp³-hybridized carbons (Fsp3) is 1.00. The lowest BCUT2D eigenvalue weighted by molar-refractivity contribution is 0.107. The van der Waals surface area contributed by atoms with E-state index in [4.69, 9.17) is 4.74 Å². The highest BCUT2D eigenvalue weighted by atomic mass is 16.5. The maximum absolute atomic E-state index is 5.59. The van der Waals surface area contributed by atoms with Crippen LogP contribution in [0.4, 0.5) is 0 Å². The maximum atomic E-state index is 5.59. The topological polar surface area (TPSA) is 24.5 Å². The Hall–Kier alpha value is -0.120. The summed E-state index contributed by atoms with van der Waals surface area (Å²) in [5, 5.41) is 3.53. The third kappa shape index (κ3) is 10.2. The summed E-state index contributed by atoms with van der Waals surface area (Å²) in [6.45, 7) is 8.29. The Morgan fingerprint density at radius 1 is 1.20 bits per heavy atom. The molecule has 0 spiro atoms. The van der Waals surface area contributed by atoms with Gasteiger partial charge in [0.2, 0.25) is 0 Å². The molecule has 0 aromatic heterocycles. The Morgan fingerprint density at radius 3 is 2.47 bits per heavy atom. The van der Waals surface area contributed by atoms with Gasteiger partial charge in [0.05, 0.1) is 6.61 Å². The molecule has 0 fully saturated rings. The highest BCUT2D eigenvalue weighted by molar-refractivity contribution is 4.67. The van der Waals surface area contributed by atoms with E-state index in [1.165, 1.54) is 6.42 Å². The highest BCUT2D eigenvalue weighted by Crippen LogP contribution is 1.96. The molecule has 0 heterocycles. The van der Waals surface area contributed by atoms with Gasteiger partial charge in [0.25, 0.3) is 0 Å². The second-order valence-corrected chi connectivity index (χ2v) is 4.32. The summed E-state index contributed by atoms with van der Waals surface area (Å²) in [6.07, 6.45) is 3.46. The summed E-state index contributed by atoms with van der Waals surface area (Å²) in [5.41, 5.74) is 0. The molecule has 3 nitrogen and oxygen atoms in total. The van der Waals surface area contributed by atoms with Crippen molar-refractivity contribution in [3.8, 4) is 0 Å². The average Bonchev–Trinajstić information content (AvgIpc) is 2.21. The first kappa shape index (κ1) is 14.9. The molecule has 1 unspecified atom stereocenters. The van der Waals surface area contributed by atoms with Crippen molar-refractivity contribution >= 4 is 0 Å². The molecule has 0 rings (SSSR count). The van der Waals surface area contributed by atoms with E-state index in [-0.39, 0.29) is 0 Å². The van der Waals surface area contributed by atoms with Crippen LogP contribution >= 0.6 is 0 Å². The van der Waals surface area contributed by atoms with Gasteiger partial charge < -0.3 is 15.0 Å². The molecule has 1 atom stereocenters. The van der Waals surface area contributed by atoms with E-state index in [9.17, 15) is 0 Å². The van der Waals surface area contributed by atoms with Gasteiger partial charge in [-0.3, -0.25) is 0 Å². The van der Waals surface area contributed by atoms with Crippen molar-refractivity contribution in [2.75, 3.05) is 40.4 Å². The smallest absolute Gasteiger partial charge is 0.0620 e. The summed E-state index contributed by atoms with van der Waals surface area (Å²) in [4.78, 5) is 2.22. The molecule has 0 saturated heterocycles. The molecule has 0 aromatic rings. The van der Waals surface area contributed by atoms with Crippen molar-refractivity contribution in [3.05, 3.63) is 0 Å². The lowest BCUT2D eigenvalue weighted by Gasteiger charge is -2.20. The van der Waals surface area contributed by atoms with Gasteiger partial charge in [0.1, 0.15) is 0 Å². The van der Waals surface area contributed by atoms with Crippen molar-refractivity contribution in [3.63, 3.8) is 0 Å². The van der Waals surface area contributed by atoms with Crippen LogP contribution in [0.3, 0.4) is 0 Å². The molecule has 0 bridgehead atoms. The van der Waals surface area contributed by atoms with Crippen LogP contribution in [0, 0.1) is 0 Å². The van der Waals surface area contributed by atoms with E-state index in [0.717, 1.165) is 39.1 Å². The SMILES string of the molecule is CCCNC(CCN(C)C)COCCC. The van der Waals surface area contributed by atoms with E-state index in [1.54, 1.807) is 0 Å². The third-order valence-electron chi connectivity index (χ3n) is 2.28. The molecule has 0 aliphatic rings. The zero-order valence-corrected chi connectivity index (χ0v) is 10.9. The number of hydrogen-bond donors (Lipinski definition) is 1. The van der Waals surface area contributed by atoms with Gasteiger partial charge in [-0.15, -0.1) is 0 Å². The first-order valence-corrected chi connectivity index (χ1v) is 6.16. The largest absolute Gasteiger partial charge is 0.380 e. The highest BCUT2D eigenvalue weighted by Gasteiger charge is 2.07. The zero-order valence-electron chi connectivity index (χ0n) is 10.9. The summed E-state index contributed by atoms with van der Waals surface area (Å²) >= 11 is 0. The number of nitrogens with zero attached hydrogens (tertiary/aromatic N) is 1. The maximum Gasteiger partial charge on any atom is 0.0620 e. The van der Waals surface area contributed by atoms with Crippen LogP contribution in [-0.2, 0) is 4.74 Å². The van der Waals surface area contributed by atoms with Crippen LogP contribution in [0.15, 0.2) is 0 Å². The molecular formula is C12H28N2O. The summed E-state index contributed by atoms with van der Waals surface area (Å²) in [5.74, 6) is 0. The fourth-order valence-electron chi connectivity index (χ4n) is 1.38. The Bertz CT molecular complexity index is 129. The van der Waals surface area contributed by atoms with Gasteiger partial charge in [-0.1, -0.05) is 13.8 Å². The van der Waals surface area contributed by atoms with Crippen LogP contribution in [0.2, 0.25) is 0 Å². The van der Waals surface area contributed by atoms with Crippen LogP contribution in [0.1, 0.15) is 33.1 Å². The second-order valence-electron chi connectivity index (χ2n) is 4.32. The summed E-state index contributed by atoms with van der Waals surface area (Å²) in [6, 6.07) is 0.513. The second kappa shape index (κ2) is 10.4. The number of nitrogens with one attached hydrogen (secondary N) is 1. The third-order valence-corrected chi connectivity index (χ3v) is 2.28. The lowest BCUT2D eigenvalue weighted by atomic mass is 10.2. The van der Waals surface area contributed by atoms with Crippen LogP contribution in [0.25, 0.3) is 0 Å². The predicted molar refractivity (Wildman–Crippen MR) is 66.4 cm³/mol. The Kier molecular flexibility index (Phi) is 10.3. The predicted octanol–water partition coefficient (Wildman–Crippen LogP) is 1.73. The monoisotopic (exact) mass is 216 g/mol. The average molecular weight is 216 g/mol. The molecule has 0 amide bonds. The molecule has 0 radical (unpaired) electrons. The lowest BCUT2D eigenvalue weighted by Crippen LogP contribution is -2.36. The van der Waals surface area contributed by atoms with E-state index in [1.807, 2.05) is 0 Å². The van der Waals surface area contributed by atoms with Crippen molar-refractivity contribution in [2.24, 2.45) is 0 Å². The molecule has 3 heteroatoms. The van der Waals surface area contributed by atoms with E-state index in [0.29, 0.717) is 6.04 Å². The fourth-order valence-corrected chi connectivity index (χ4v) is 1.38. The zero-order chi connectivity index (χ0) is 11.5. The molecule has 0 aromatic carbocycles. The molecule has 0 aliphatic heterocycles. The van der Waals surface area contributed by atoms with Crippen molar-refractivity contribution in [1.82, 2.24) is 10.2 Å². The number of ether oxygens (including phenoxy) is 1. The van der Waals surface area contributed by atoms with Gasteiger partial charge in [-0.25, -0.2) is 0 Å². The molecule has 15 heavy (non-hydrogen) atoms. The Morgan fingerprint density at radius 2 is 1.93 bits per heavy atom. The van der Waals surface area contributed by atoms with E-state index < -0.39 is 0 Å². The molecule has 0 aliphatic carbocycles. The van der Waals surface area contributed by atoms with Gasteiger partial charge in [0.15, 0.2) is 0 Å². The van der Waals surface area contributed by atoms with E-state index >= 15 is 0 Å². The number of hydrogen-bond acceptors (Lipinski definition) is 3. The number of rotatable bonds is 10. The first-order chi connectivity index (χ1) is 7.20. The first-order valence-electron chi connectivity index (χ1n) is 6.16. The minimum Gasteiger partial charge on any atom is -0.380 e. The molecule has 92 valence electrons. The molecular weight excluding hydrogens is 188 g/mol. The van der Waals surface area contributed by atoms with Crippen molar-refractivity contribution in [2.45, 2.75) is 39.2 Å². The summed E-state index contributed by atoms with van der Waals surface area (Å²) in [7, 11) is 4.23. The standard InChI is InChI=1S/C12H28N2O/c1-5-8-13-12(7-9-14(3)4)11-15-10-6-2/h12-13H,5-11H2,1-4H3. The van der Waals surface area contributed by atoms with Gasteiger partial charge in [-0.2, -0.15) is 0 Å². The Labute approximate surface area is 95.2 Å². The quantitative estimate of drug-likeness (QED) is 0.563. The Balaban J connectivity index is 3.63. The molecule has 1 N–H and O–H groups in total. The molecule has 0 saturated carbocycles. The van der Waals surface area contributed by atoms with Gasteiger partial charge in [0, 0.05) is 12.6 Å². The van der Waals surface area contributed by atoms with Crippen LogP contribution < -0.4 is 5.32 Å². The minimum atomic E-state index is 0.513.